The van der Waals surface area contributed by atoms with E-state index in [-0.39, 0.29) is 41.2 Å². The molecule has 4 fully saturated rings. The number of alkyl halides is 2. The highest BCUT2D eigenvalue weighted by atomic mass is 79.9. The van der Waals surface area contributed by atoms with Crippen LogP contribution in [-0.4, -0.2) is 32.8 Å². The van der Waals surface area contributed by atoms with Crippen molar-refractivity contribution in [1.29, 1.82) is 0 Å². The molecule has 0 aromatic carbocycles. The Morgan fingerprint density at radius 2 is 1.85 bits per heavy atom. The van der Waals surface area contributed by atoms with Gasteiger partial charge in [0.1, 0.15) is 17.6 Å². The van der Waals surface area contributed by atoms with Crippen LogP contribution in [0.15, 0.2) is 0 Å². The molecule has 0 unspecified atom stereocenters. The summed E-state index contributed by atoms with van der Waals surface area (Å²) in [5, 5.41) is 11.4. The molecule has 0 bridgehead atoms. The summed E-state index contributed by atoms with van der Waals surface area (Å²) < 4.78 is 14.8. The lowest BCUT2D eigenvalue weighted by atomic mass is 9.44. The number of carbonyl (C=O) groups excluding carboxylic acids is 2. The van der Waals surface area contributed by atoms with Crippen LogP contribution in [0.1, 0.15) is 72.6 Å². The number of hydrogen-bond donors (Lipinski definition) is 1. The molecule has 4 aliphatic rings. The molecule has 4 aliphatic carbocycles. The maximum absolute atomic E-state index is 15.6. The van der Waals surface area contributed by atoms with E-state index in [4.69, 9.17) is 0 Å². The number of aliphatic hydroxyl groups is 1. The van der Waals surface area contributed by atoms with Gasteiger partial charge in [-0.1, -0.05) is 36.7 Å². The van der Waals surface area contributed by atoms with E-state index in [1.54, 1.807) is 0 Å². The number of hydrogen-bond acceptors (Lipinski definition) is 3. The summed E-state index contributed by atoms with van der Waals surface area (Å²) in [7, 11) is 0. The van der Waals surface area contributed by atoms with Gasteiger partial charge in [0.25, 0.3) is 0 Å². The Hall–Kier alpha value is -0.290. The fraction of sp³-hybridized carbons (Fsp3) is 0.909. The molecule has 0 aliphatic heterocycles. The van der Waals surface area contributed by atoms with Crippen molar-refractivity contribution >= 4 is 27.5 Å². The summed E-state index contributed by atoms with van der Waals surface area (Å²) in [5.41, 5.74) is -2.04. The van der Waals surface area contributed by atoms with E-state index >= 15 is 4.39 Å². The molecule has 0 radical (unpaired) electrons. The van der Waals surface area contributed by atoms with Gasteiger partial charge >= 0.3 is 0 Å². The van der Waals surface area contributed by atoms with Crippen LogP contribution < -0.4 is 0 Å². The molecule has 0 aromatic rings. The highest BCUT2D eigenvalue weighted by Gasteiger charge is 2.71. The molecule has 0 saturated heterocycles. The number of fused-ring (bicyclic) bond motifs is 5. The smallest absolute Gasteiger partial charge is 0.162 e. The van der Waals surface area contributed by atoms with E-state index in [1.165, 1.54) is 6.92 Å². The van der Waals surface area contributed by atoms with Crippen LogP contribution in [0.4, 0.5) is 4.39 Å². The Morgan fingerprint density at radius 1 is 1.19 bits per heavy atom. The van der Waals surface area contributed by atoms with E-state index in [2.05, 4.69) is 29.8 Å². The van der Waals surface area contributed by atoms with Crippen LogP contribution in [0.25, 0.3) is 0 Å². The van der Waals surface area contributed by atoms with Crippen molar-refractivity contribution < 1.29 is 19.1 Å². The molecule has 152 valence electrons. The largest absolute Gasteiger partial charge is 0.381 e. The van der Waals surface area contributed by atoms with E-state index < -0.39 is 21.5 Å². The average Bonchev–Trinajstić information content (AvgIpc) is 2.80. The number of Topliss-reactive ketones (excluding diaryl/α,β-unsaturated/α-hetero) is 2. The zero-order valence-electron chi connectivity index (χ0n) is 16.9. The predicted octanol–water partition coefficient (Wildman–Crippen LogP) is 4.63. The minimum atomic E-state index is -1.30. The van der Waals surface area contributed by atoms with Gasteiger partial charge in [-0.05, 0) is 68.1 Å². The van der Waals surface area contributed by atoms with Gasteiger partial charge in [-0.3, -0.25) is 9.59 Å². The van der Waals surface area contributed by atoms with Crippen molar-refractivity contribution in [1.82, 2.24) is 0 Å². The number of halogens is 2. The lowest BCUT2D eigenvalue weighted by Crippen LogP contribution is -2.65. The molecule has 0 spiro atoms. The molecular weight excluding hydrogens is 411 g/mol. The van der Waals surface area contributed by atoms with E-state index in [0.717, 1.165) is 25.7 Å². The standard InChI is InChI=1S/C22H32BrFO3/c1-12-9-17-15-10-18(24)21(23)11-14(26)5-7-19(21,3)16(15)6-8-20(17,4)22(12,27)13(2)25/h12,15-18,27H,5-11H2,1-4H3/t12-,15-,16+,17+,18-,19-,20+,21+,22+/m1/s1. The van der Waals surface area contributed by atoms with Gasteiger partial charge in [-0.25, -0.2) is 4.39 Å². The second-order valence-corrected chi connectivity index (χ2v) is 11.9. The summed E-state index contributed by atoms with van der Waals surface area (Å²) in [6.45, 7) is 7.72. The predicted molar refractivity (Wildman–Crippen MR) is 105 cm³/mol. The Labute approximate surface area is 170 Å². The zero-order chi connectivity index (χ0) is 20.0. The second kappa shape index (κ2) is 5.87. The summed E-state index contributed by atoms with van der Waals surface area (Å²) >= 11 is 3.74. The van der Waals surface area contributed by atoms with Crippen LogP contribution in [0.2, 0.25) is 0 Å². The van der Waals surface area contributed by atoms with E-state index in [0.29, 0.717) is 18.8 Å². The molecule has 4 rings (SSSR count). The maximum atomic E-state index is 15.6. The maximum Gasteiger partial charge on any atom is 0.162 e. The Morgan fingerprint density at radius 3 is 2.48 bits per heavy atom. The Balaban J connectivity index is 1.75. The van der Waals surface area contributed by atoms with Crippen LogP contribution in [-0.2, 0) is 9.59 Å². The van der Waals surface area contributed by atoms with Crippen LogP contribution in [0.3, 0.4) is 0 Å². The first-order chi connectivity index (χ1) is 12.4. The van der Waals surface area contributed by atoms with Crippen molar-refractivity contribution in [3.63, 3.8) is 0 Å². The molecule has 3 nitrogen and oxygen atoms in total. The van der Waals surface area contributed by atoms with E-state index in [1.807, 2.05) is 6.92 Å². The SMILES string of the molecule is CC(=O)[C@@]1(O)[C@H](C)C[C@H]2[C@@H]3C[C@@H](F)[C@@]4(Br)CC(=O)CC[C@]4(C)[C@H]3CC[C@@]21C. The first-order valence-corrected chi connectivity index (χ1v) is 11.3. The lowest BCUT2D eigenvalue weighted by molar-refractivity contribution is -0.175. The first kappa shape index (κ1) is 20.0. The Kier molecular flexibility index (Phi) is 4.35. The van der Waals surface area contributed by atoms with Gasteiger partial charge in [-0.2, -0.15) is 0 Å². The molecule has 0 heterocycles. The quantitative estimate of drug-likeness (QED) is 0.602. The zero-order valence-corrected chi connectivity index (χ0v) is 18.4. The summed E-state index contributed by atoms with van der Waals surface area (Å²) in [5.74, 6) is 0.569. The summed E-state index contributed by atoms with van der Waals surface area (Å²) in [6.07, 6.45) is 3.38. The van der Waals surface area contributed by atoms with Crippen LogP contribution in [0, 0.1) is 34.5 Å². The molecular formula is C22H32BrFO3. The molecule has 5 heteroatoms. The highest BCUT2D eigenvalue weighted by Crippen LogP contribution is 2.71. The molecule has 27 heavy (non-hydrogen) atoms. The number of carbonyl (C=O) groups is 2. The minimum Gasteiger partial charge on any atom is -0.381 e. The highest BCUT2D eigenvalue weighted by molar-refractivity contribution is 9.10. The van der Waals surface area contributed by atoms with Crippen molar-refractivity contribution in [2.24, 2.45) is 34.5 Å². The fourth-order valence-electron chi connectivity index (χ4n) is 8.07. The fourth-order valence-corrected chi connectivity index (χ4v) is 9.06. The third-order valence-corrected chi connectivity index (χ3v) is 11.4. The summed E-state index contributed by atoms with van der Waals surface area (Å²) in [4.78, 5) is 24.6. The monoisotopic (exact) mass is 442 g/mol. The third kappa shape index (κ3) is 2.22. The minimum absolute atomic E-state index is 0.0989. The Bertz CT molecular complexity index is 697. The van der Waals surface area contributed by atoms with Gasteiger partial charge < -0.3 is 5.11 Å². The third-order valence-electron chi connectivity index (χ3n) is 9.68. The van der Waals surface area contributed by atoms with Crippen LogP contribution in [0.5, 0.6) is 0 Å². The molecule has 1 N–H and O–H groups in total. The normalized spacial score (nSPS) is 57.6. The van der Waals surface area contributed by atoms with Gasteiger partial charge in [0.2, 0.25) is 0 Å². The van der Waals surface area contributed by atoms with Crippen molar-refractivity contribution in [3.05, 3.63) is 0 Å². The van der Waals surface area contributed by atoms with Gasteiger partial charge in [0, 0.05) is 18.3 Å². The number of rotatable bonds is 1. The van der Waals surface area contributed by atoms with Gasteiger partial charge in [0.15, 0.2) is 5.78 Å². The first-order valence-electron chi connectivity index (χ1n) is 10.5. The molecule has 4 saturated carbocycles. The molecule has 9 atom stereocenters. The van der Waals surface area contributed by atoms with Crippen molar-refractivity contribution in [2.45, 2.75) is 88.7 Å². The molecule has 0 aromatic heterocycles. The second-order valence-electron chi connectivity index (χ2n) is 10.5. The van der Waals surface area contributed by atoms with Gasteiger partial charge in [0.05, 0.1) is 4.32 Å². The average molecular weight is 443 g/mol. The van der Waals surface area contributed by atoms with Gasteiger partial charge in [-0.15, -0.1) is 0 Å². The summed E-state index contributed by atoms with van der Waals surface area (Å²) in [6, 6.07) is 0. The number of ketones is 2. The molecule has 0 amide bonds. The lowest BCUT2D eigenvalue weighted by Gasteiger charge is -2.64. The van der Waals surface area contributed by atoms with Crippen molar-refractivity contribution in [2.75, 3.05) is 0 Å². The van der Waals surface area contributed by atoms with Crippen LogP contribution >= 0.6 is 15.9 Å². The van der Waals surface area contributed by atoms with Crippen molar-refractivity contribution in [3.8, 4) is 0 Å². The van der Waals surface area contributed by atoms with E-state index in [9.17, 15) is 14.7 Å². The topological polar surface area (TPSA) is 54.4 Å².